The highest BCUT2D eigenvalue weighted by Crippen LogP contribution is 1.96. The number of hydrogen-bond donors (Lipinski definition) is 1. The predicted molar refractivity (Wildman–Crippen MR) is 61.4 cm³/mol. The van der Waals surface area contributed by atoms with E-state index in [2.05, 4.69) is 35.8 Å². The van der Waals surface area contributed by atoms with Crippen molar-refractivity contribution in [3.63, 3.8) is 0 Å². The molecular formula is C11H20N4. The molecule has 1 N–H and O–H groups in total. The van der Waals surface area contributed by atoms with E-state index in [4.69, 9.17) is 0 Å². The first-order chi connectivity index (χ1) is 7.22. The summed E-state index contributed by atoms with van der Waals surface area (Å²) in [5.41, 5.74) is 0. The Kier molecular flexibility index (Phi) is 5.04. The third-order valence-corrected chi connectivity index (χ3v) is 2.05. The molecule has 0 atom stereocenters. The normalized spacial score (nSPS) is 10.9. The fraction of sp³-hybridized carbons (Fsp3) is 0.636. The molecule has 1 aromatic heterocycles. The molecule has 1 rings (SSSR count). The highest BCUT2D eigenvalue weighted by molar-refractivity contribution is 4.81. The lowest BCUT2D eigenvalue weighted by molar-refractivity contribution is 0.547. The Hall–Kier alpha value is -1.16. The molecule has 0 saturated carbocycles. The third-order valence-electron chi connectivity index (χ3n) is 2.05. The standard InChI is InChI=1S/C11H20N4/c1-4-5-6-7-15-9-13-11(14-15)8-12-10(2)3/h4,9-10,12H,1,5-8H2,2-3H3. The van der Waals surface area contributed by atoms with Crippen LogP contribution in [0.5, 0.6) is 0 Å². The van der Waals surface area contributed by atoms with Gasteiger partial charge in [0.15, 0.2) is 5.82 Å². The molecule has 84 valence electrons. The summed E-state index contributed by atoms with van der Waals surface area (Å²) in [6.07, 6.45) is 5.82. The number of aromatic nitrogens is 3. The number of allylic oxidation sites excluding steroid dienone is 1. The molecule has 0 fully saturated rings. The van der Waals surface area contributed by atoms with E-state index in [1.54, 1.807) is 6.33 Å². The van der Waals surface area contributed by atoms with Crippen molar-refractivity contribution in [2.45, 2.75) is 45.8 Å². The maximum absolute atomic E-state index is 4.36. The predicted octanol–water partition coefficient (Wildman–Crippen LogP) is 1.74. The molecular weight excluding hydrogens is 188 g/mol. The van der Waals surface area contributed by atoms with Crippen molar-refractivity contribution in [3.05, 3.63) is 24.8 Å². The molecule has 0 saturated heterocycles. The topological polar surface area (TPSA) is 42.7 Å². The number of nitrogens with one attached hydrogen (secondary N) is 1. The van der Waals surface area contributed by atoms with E-state index in [0.717, 1.165) is 31.8 Å². The number of rotatable bonds is 7. The van der Waals surface area contributed by atoms with Crippen LogP contribution >= 0.6 is 0 Å². The first-order valence-corrected chi connectivity index (χ1v) is 5.45. The lowest BCUT2D eigenvalue weighted by atomic mass is 10.3. The van der Waals surface area contributed by atoms with Gasteiger partial charge in [-0.05, 0) is 12.8 Å². The van der Waals surface area contributed by atoms with Crippen LogP contribution in [0.15, 0.2) is 19.0 Å². The van der Waals surface area contributed by atoms with Gasteiger partial charge in [-0.3, -0.25) is 4.68 Å². The van der Waals surface area contributed by atoms with Crippen molar-refractivity contribution in [1.29, 1.82) is 0 Å². The SMILES string of the molecule is C=CCCCn1cnc(CNC(C)C)n1. The minimum absolute atomic E-state index is 0.470. The van der Waals surface area contributed by atoms with Gasteiger partial charge in [0.25, 0.3) is 0 Å². The van der Waals surface area contributed by atoms with Crippen LogP contribution < -0.4 is 5.32 Å². The molecule has 0 aromatic carbocycles. The van der Waals surface area contributed by atoms with Crippen LogP contribution in [-0.4, -0.2) is 20.8 Å². The Morgan fingerprint density at radius 1 is 1.60 bits per heavy atom. The molecule has 0 bridgehead atoms. The largest absolute Gasteiger partial charge is 0.308 e. The lowest BCUT2D eigenvalue weighted by Gasteiger charge is -2.04. The zero-order valence-electron chi connectivity index (χ0n) is 9.61. The van der Waals surface area contributed by atoms with Gasteiger partial charge < -0.3 is 5.32 Å². The molecule has 0 amide bonds. The van der Waals surface area contributed by atoms with Crippen LogP contribution in [0.3, 0.4) is 0 Å². The molecule has 4 heteroatoms. The molecule has 4 nitrogen and oxygen atoms in total. The Morgan fingerprint density at radius 3 is 3.07 bits per heavy atom. The van der Waals surface area contributed by atoms with Gasteiger partial charge in [0.05, 0.1) is 6.54 Å². The van der Waals surface area contributed by atoms with E-state index in [1.165, 1.54) is 0 Å². The molecule has 0 radical (unpaired) electrons. The van der Waals surface area contributed by atoms with Crippen LogP contribution in [0, 0.1) is 0 Å². The fourth-order valence-corrected chi connectivity index (χ4v) is 1.21. The quantitative estimate of drug-likeness (QED) is 0.548. The van der Waals surface area contributed by atoms with E-state index in [9.17, 15) is 0 Å². The van der Waals surface area contributed by atoms with Crippen molar-refractivity contribution in [2.24, 2.45) is 0 Å². The zero-order valence-corrected chi connectivity index (χ0v) is 9.61. The van der Waals surface area contributed by atoms with Gasteiger partial charge in [0.1, 0.15) is 6.33 Å². The van der Waals surface area contributed by atoms with E-state index in [1.807, 2.05) is 10.8 Å². The minimum Gasteiger partial charge on any atom is -0.308 e. The van der Waals surface area contributed by atoms with Crippen molar-refractivity contribution in [2.75, 3.05) is 0 Å². The summed E-state index contributed by atoms with van der Waals surface area (Å²) in [6, 6.07) is 0.470. The third kappa shape index (κ3) is 4.74. The molecule has 0 aliphatic carbocycles. The van der Waals surface area contributed by atoms with Crippen molar-refractivity contribution in [1.82, 2.24) is 20.1 Å². The van der Waals surface area contributed by atoms with Gasteiger partial charge in [-0.15, -0.1) is 6.58 Å². The number of hydrogen-bond acceptors (Lipinski definition) is 3. The number of unbranched alkanes of at least 4 members (excludes halogenated alkanes) is 1. The van der Waals surface area contributed by atoms with Crippen LogP contribution in [0.1, 0.15) is 32.5 Å². The molecule has 1 heterocycles. The van der Waals surface area contributed by atoms with Gasteiger partial charge in [-0.2, -0.15) is 5.10 Å². The lowest BCUT2D eigenvalue weighted by Crippen LogP contribution is -2.22. The van der Waals surface area contributed by atoms with Gasteiger partial charge in [-0.25, -0.2) is 4.98 Å². The highest BCUT2D eigenvalue weighted by Gasteiger charge is 2.00. The monoisotopic (exact) mass is 208 g/mol. The van der Waals surface area contributed by atoms with Crippen LogP contribution in [0.2, 0.25) is 0 Å². The second kappa shape index (κ2) is 6.35. The molecule has 15 heavy (non-hydrogen) atoms. The van der Waals surface area contributed by atoms with Crippen LogP contribution in [0.25, 0.3) is 0 Å². The van der Waals surface area contributed by atoms with E-state index in [-0.39, 0.29) is 0 Å². The Balaban J connectivity index is 2.32. The van der Waals surface area contributed by atoms with Crippen LogP contribution in [-0.2, 0) is 13.1 Å². The highest BCUT2D eigenvalue weighted by atomic mass is 15.3. The minimum atomic E-state index is 0.470. The van der Waals surface area contributed by atoms with Gasteiger partial charge in [-0.1, -0.05) is 19.9 Å². The molecule has 0 aliphatic heterocycles. The van der Waals surface area contributed by atoms with Crippen LogP contribution in [0.4, 0.5) is 0 Å². The number of nitrogens with zero attached hydrogens (tertiary/aromatic N) is 3. The summed E-state index contributed by atoms with van der Waals surface area (Å²) in [6.45, 7) is 9.57. The first kappa shape index (κ1) is 11.9. The second-order valence-corrected chi connectivity index (χ2v) is 3.89. The van der Waals surface area contributed by atoms with Crippen molar-refractivity contribution < 1.29 is 0 Å². The fourth-order valence-electron chi connectivity index (χ4n) is 1.21. The van der Waals surface area contributed by atoms with E-state index >= 15 is 0 Å². The van der Waals surface area contributed by atoms with Gasteiger partial charge >= 0.3 is 0 Å². The maximum Gasteiger partial charge on any atom is 0.164 e. The Bertz CT molecular complexity index is 291. The molecule has 0 spiro atoms. The average Bonchev–Trinajstić information content (AvgIpc) is 2.63. The van der Waals surface area contributed by atoms with Gasteiger partial charge in [0, 0.05) is 12.6 Å². The summed E-state index contributed by atoms with van der Waals surface area (Å²) in [5, 5.41) is 7.65. The maximum atomic E-state index is 4.36. The molecule has 0 unspecified atom stereocenters. The molecule has 0 aliphatic rings. The average molecular weight is 208 g/mol. The summed E-state index contributed by atoms with van der Waals surface area (Å²) in [4.78, 5) is 4.23. The van der Waals surface area contributed by atoms with Gasteiger partial charge in [0.2, 0.25) is 0 Å². The van der Waals surface area contributed by atoms with E-state index in [0.29, 0.717) is 6.04 Å². The summed E-state index contributed by atoms with van der Waals surface area (Å²) in [5.74, 6) is 0.863. The smallest absolute Gasteiger partial charge is 0.164 e. The zero-order chi connectivity index (χ0) is 11.1. The summed E-state index contributed by atoms with van der Waals surface area (Å²) >= 11 is 0. The summed E-state index contributed by atoms with van der Waals surface area (Å²) in [7, 11) is 0. The Labute approximate surface area is 91.4 Å². The first-order valence-electron chi connectivity index (χ1n) is 5.45. The Morgan fingerprint density at radius 2 is 2.40 bits per heavy atom. The van der Waals surface area contributed by atoms with Crippen molar-refractivity contribution in [3.8, 4) is 0 Å². The van der Waals surface area contributed by atoms with Crippen molar-refractivity contribution >= 4 is 0 Å². The van der Waals surface area contributed by atoms with E-state index < -0.39 is 0 Å². The second-order valence-electron chi connectivity index (χ2n) is 3.89. The number of aryl methyl sites for hydroxylation is 1. The summed E-state index contributed by atoms with van der Waals surface area (Å²) < 4.78 is 1.89. The molecule has 1 aromatic rings.